The van der Waals surface area contributed by atoms with Crippen LogP contribution in [0.25, 0.3) is 0 Å². The van der Waals surface area contributed by atoms with Crippen LogP contribution in [0.1, 0.15) is 49.8 Å². The second-order valence-electron chi connectivity index (χ2n) is 7.46. The highest BCUT2D eigenvalue weighted by Crippen LogP contribution is 2.28. The van der Waals surface area contributed by atoms with Crippen LogP contribution in [-0.4, -0.2) is 51.7 Å². The van der Waals surface area contributed by atoms with E-state index in [-0.39, 0.29) is 17.8 Å². The van der Waals surface area contributed by atoms with Crippen LogP contribution in [0.2, 0.25) is 0 Å². The van der Waals surface area contributed by atoms with Crippen molar-refractivity contribution in [1.82, 2.24) is 19.6 Å². The van der Waals surface area contributed by atoms with Crippen LogP contribution in [0.4, 0.5) is 4.39 Å². The molecule has 1 fully saturated rings. The molecule has 0 N–H and O–H groups in total. The van der Waals surface area contributed by atoms with Gasteiger partial charge in [-0.2, -0.15) is 5.10 Å². The van der Waals surface area contributed by atoms with Gasteiger partial charge in [-0.25, -0.2) is 4.39 Å². The molecule has 1 aromatic heterocycles. The monoisotopic (exact) mass is 372 g/mol. The highest BCUT2D eigenvalue weighted by molar-refractivity contribution is 5.78. The van der Waals surface area contributed by atoms with E-state index in [1.165, 1.54) is 18.6 Å². The Balaban J connectivity index is 1.82. The molecule has 146 valence electrons. The predicted molar refractivity (Wildman–Crippen MR) is 104 cm³/mol. The number of piperidine rings is 1. The van der Waals surface area contributed by atoms with Gasteiger partial charge in [0.25, 0.3) is 0 Å². The number of amides is 1. The molecule has 0 saturated carbocycles. The second-order valence-corrected chi connectivity index (χ2v) is 7.46. The molecule has 1 aromatic carbocycles. The van der Waals surface area contributed by atoms with Gasteiger partial charge in [0.1, 0.15) is 5.82 Å². The standard InChI is InChI=1S/C21H29FN4O/c1-4-19-10-5-6-11-26(19)20(27)15-24(2)21(17-13-23-25(3)14-17)16-8-7-9-18(22)12-16/h7-9,12-14,19,21H,4-6,10-11,15H2,1-3H3/t19-,21-/m1/s1. The number of hydrogen-bond donors (Lipinski definition) is 0. The summed E-state index contributed by atoms with van der Waals surface area (Å²) in [6.45, 7) is 3.28. The first-order valence-corrected chi connectivity index (χ1v) is 9.73. The first-order valence-electron chi connectivity index (χ1n) is 9.73. The van der Waals surface area contributed by atoms with E-state index in [1.807, 2.05) is 36.2 Å². The lowest BCUT2D eigenvalue weighted by Crippen LogP contribution is -2.47. The minimum atomic E-state index is -0.275. The molecule has 5 nitrogen and oxygen atoms in total. The molecule has 1 amide bonds. The summed E-state index contributed by atoms with van der Waals surface area (Å²) in [6.07, 6.45) is 8.05. The van der Waals surface area contributed by atoms with Crippen molar-refractivity contribution >= 4 is 5.91 Å². The minimum Gasteiger partial charge on any atom is -0.339 e. The van der Waals surface area contributed by atoms with Gasteiger partial charge in [0.15, 0.2) is 0 Å². The Morgan fingerprint density at radius 1 is 1.37 bits per heavy atom. The summed E-state index contributed by atoms with van der Waals surface area (Å²) in [5.41, 5.74) is 1.77. The van der Waals surface area contributed by atoms with Crippen LogP contribution in [0.5, 0.6) is 0 Å². The molecule has 6 heteroatoms. The zero-order chi connectivity index (χ0) is 19.4. The summed E-state index contributed by atoms with van der Waals surface area (Å²) in [5, 5.41) is 4.26. The fourth-order valence-corrected chi connectivity index (χ4v) is 4.11. The zero-order valence-corrected chi connectivity index (χ0v) is 16.4. The van der Waals surface area contributed by atoms with E-state index in [0.29, 0.717) is 12.6 Å². The molecule has 0 unspecified atom stereocenters. The quantitative estimate of drug-likeness (QED) is 0.781. The van der Waals surface area contributed by atoms with Crippen molar-refractivity contribution in [3.8, 4) is 0 Å². The highest BCUT2D eigenvalue weighted by atomic mass is 19.1. The van der Waals surface area contributed by atoms with E-state index in [0.717, 1.165) is 36.9 Å². The molecule has 1 saturated heterocycles. The third kappa shape index (κ3) is 4.56. The lowest BCUT2D eigenvalue weighted by molar-refractivity contribution is -0.136. The normalized spacial score (nSPS) is 18.7. The second kappa shape index (κ2) is 8.65. The van der Waals surface area contributed by atoms with E-state index in [2.05, 4.69) is 12.0 Å². The summed E-state index contributed by atoms with van der Waals surface area (Å²) < 4.78 is 15.6. The van der Waals surface area contributed by atoms with E-state index in [9.17, 15) is 9.18 Å². The van der Waals surface area contributed by atoms with E-state index >= 15 is 0 Å². The van der Waals surface area contributed by atoms with Crippen LogP contribution >= 0.6 is 0 Å². The summed E-state index contributed by atoms with van der Waals surface area (Å²) >= 11 is 0. The molecule has 27 heavy (non-hydrogen) atoms. The van der Waals surface area contributed by atoms with Crippen molar-refractivity contribution in [2.24, 2.45) is 7.05 Å². The topological polar surface area (TPSA) is 41.4 Å². The molecule has 0 radical (unpaired) electrons. The minimum absolute atomic E-state index is 0.148. The van der Waals surface area contributed by atoms with Gasteiger partial charge >= 0.3 is 0 Å². The van der Waals surface area contributed by atoms with E-state index in [4.69, 9.17) is 0 Å². The van der Waals surface area contributed by atoms with Crippen molar-refractivity contribution in [2.45, 2.75) is 44.7 Å². The first-order chi connectivity index (χ1) is 13.0. The van der Waals surface area contributed by atoms with Crippen molar-refractivity contribution < 1.29 is 9.18 Å². The molecule has 1 aliphatic heterocycles. The molecule has 0 spiro atoms. The van der Waals surface area contributed by atoms with Crippen LogP contribution < -0.4 is 0 Å². The Bertz CT molecular complexity index is 775. The van der Waals surface area contributed by atoms with Crippen molar-refractivity contribution in [3.05, 3.63) is 53.6 Å². The number of hydrogen-bond acceptors (Lipinski definition) is 3. The van der Waals surface area contributed by atoms with Gasteiger partial charge in [-0.1, -0.05) is 19.1 Å². The van der Waals surface area contributed by atoms with Crippen LogP contribution in [-0.2, 0) is 11.8 Å². The predicted octanol–water partition coefficient (Wildman–Crippen LogP) is 3.37. The molecule has 2 aromatic rings. The van der Waals surface area contributed by atoms with Crippen molar-refractivity contribution in [2.75, 3.05) is 20.1 Å². The highest BCUT2D eigenvalue weighted by Gasteiger charge is 2.29. The molecular formula is C21H29FN4O. The number of halogens is 1. The Kier molecular flexibility index (Phi) is 6.26. The lowest BCUT2D eigenvalue weighted by Gasteiger charge is -2.37. The van der Waals surface area contributed by atoms with Gasteiger partial charge in [-0.3, -0.25) is 14.4 Å². The smallest absolute Gasteiger partial charge is 0.237 e. The number of likely N-dealkylation sites (N-methyl/N-ethyl adjacent to an activating group) is 1. The van der Waals surface area contributed by atoms with Gasteiger partial charge in [0.2, 0.25) is 5.91 Å². The molecule has 0 bridgehead atoms. The number of benzene rings is 1. The number of aryl methyl sites for hydroxylation is 1. The fourth-order valence-electron chi connectivity index (χ4n) is 4.11. The van der Waals surface area contributed by atoms with Gasteiger partial charge in [-0.15, -0.1) is 0 Å². The van der Waals surface area contributed by atoms with Crippen molar-refractivity contribution in [3.63, 3.8) is 0 Å². The summed E-state index contributed by atoms with van der Waals surface area (Å²) in [7, 11) is 3.78. The molecule has 0 aliphatic carbocycles. The molecular weight excluding hydrogens is 343 g/mol. The van der Waals surface area contributed by atoms with Crippen LogP contribution in [0.3, 0.4) is 0 Å². The lowest BCUT2D eigenvalue weighted by atomic mass is 9.98. The maximum Gasteiger partial charge on any atom is 0.237 e. The maximum absolute atomic E-state index is 13.8. The average molecular weight is 372 g/mol. The number of carbonyl (C=O) groups excluding carboxylic acids is 1. The molecule has 2 atom stereocenters. The fraction of sp³-hybridized carbons (Fsp3) is 0.524. The summed E-state index contributed by atoms with van der Waals surface area (Å²) in [6, 6.07) is 6.70. The maximum atomic E-state index is 13.8. The Morgan fingerprint density at radius 2 is 2.19 bits per heavy atom. The van der Waals surface area contributed by atoms with Gasteiger partial charge in [0.05, 0.1) is 18.8 Å². The third-order valence-corrected chi connectivity index (χ3v) is 5.45. The Hall–Kier alpha value is -2.21. The first kappa shape index (κ1) is 19.5. The molecule has 3 rings (SSSR count). The van der Waals surface area contributed by atoms with Crippen LogP contribution in [0, 0.1) is 5.82 Å². The number of nitrogens with zero attached hydrogens (tertiary/aromatic N) is 4. The number of likely N-dealkylation sites (tertiary alicyclic amines) is 1. The van der Waals surface area contributed by atoms with Gasteiger partial charge < -0.3 is 4.90 Å². The van der Waals surface area contributed by atoms with Crippen molar-refractivity contribution in [1.29, 1.82) is 0 Å². The number of aromatic nitrogens is 2. The Morgan fingerprint density at radius 3 is 2.85 bits per heavy atom. The SMILES string of the molecule is CC[C@@H]1CCCCN1C(=O)CN(C)[C@H](c1cccc(F)c1)c1cnn(C)c1. The van der Waals surface area contributed by atoms with Crippen LogP contribution in [0.15, 0.2) is 36.7 Å². The summed E-state index contributed by atoms with van der Waals surface area (Å²) in [4.78, 5) is 17.0. The molecule has 1 aliphatic rings. The average Bonchev–Trinajstić information content (AvgIpc) is 3.07. The van der Waals surface area contributed by atoms with Gasteiger partial charge in [0, 0.05) is 31.4 Å². The van der Waals surface area contributed by atoms with Gasteiger partial charge in [-0.05, 0) is 50.4 Å². The number of rotatable bonds is 6. The molecule has 2 heterocycles. The third-order valence-electron chi connectivity index (χ3n) is 5.45. The Labute approximate surface area is 160 Å². The van der Waals surface area contributed by atoms with E-state index < -0.39 is 0 Å². The number of carbonyl (C=O) groups is 1. The summed E-state index contributed by atoms with van der Waals surface area (Å²) in [5.74, 6) is -0.127. The van der Waals surface area contributed by atoms with E-state index in [1.54, 1.807) is 16.9 Å². The zero-order valence-electron chi connectivity index (χ0n) is 16.4. The largest absolute Gasteiger partial charge is 0.339 e.